The second kappa shape index (κ2) is 7.72. The van der Waals surface area contributed by atoms with Gasteiger partial charge in [-0.15, -0.1) is 11.3 Å². The van der Waals surface area contributed by atoms with Crippen molar-refractivity contribution >= 4 is 34.2 Å². The number of rotatable bonds is 6. The Morgan fingerprint density at radius 1 is 1.21 bits per heavy atom. The van der Waals surface area contributed by atoms with Crippen LogP contribution in [0, 0.1) is 11.8 Å². The lowest BCUT2D eigenvalue weighted by Crippen LogP contribution is -2.55. The Kier molecular flexibility index (Phi) is 5.80. The lowest BCUT2D eigenvalue weighted by molar-refractivity contribution is -0.148. The van der Waals surface area contributed by atoms with Crippen LogP contribution < -0.4 is 10.6 Å². The van der Waals surface area contributed by atoms with Crippen molar-refractivity contribution in [1.82, 2.24) is 5.32 Å². The molecule has 0 saturated heterocycles. The number of hydrogen-bond donors (Lipinski definition) is 2. The van der Waals surface area contributed by atoms with Crippen LogP contribution in [0.2, 0.25) is 0 Å². The van der Waals surface area contributed by atoms with Gasteiger partial charge < -0.3 is 20.1 Å². The quantitative estimate of drug-likeness (QED) is 0.684. The molecule has 29 heavy (non-hydrogen) atoms. The van der Waals surface area contributed by atoms with E-state index in [-0.39, 0.29) is 36.2 Å². The number of fused-ring (bicyclic) bond motifs is 1. The van der Waals surface area contributed by atoms with E-state index in [0.29, 0.717) is 22.9 Å². The molecule has 3 rings (SSSR count). The molecule has 2 atom stereocenters. The fourth-order valence-electron chi connectivity index (χ4n) is 4.09. The molecule has 1 aromatic rings. The van der Waals surface area contributed by atoms with Crippen molar-refractivity contribution in [2.75, 3.05) is 18.5 Å². The Morgan fingerprint density at radius 2 is 1.86 bits per heavy atom. The number of nitrogens with one attached hydrogen (secondary N) is 2. The van der Waals surface area contributed by atoms with E-state index in [2.05, 4.69) is 38.3 Å². The van der Waals surface area contributed by atoms with E-state index in [1.54, 1.807) is 6.92 Å². The summed E-state index contributed by atoms with van der Waals surface area (Å²) in [6.45, 7) is 11.9. The fraction of sp³-hybridized carbons (Fsp3) is 0.667. The van der Waals surface area contributed by atoms with E-state index in [9.17, 15) is 14.4 Å². The highest BCUT2D eigenvalue weighted by Crippen LogP contribution is 2.45. The highest BCUT2D eigenvalue weighted by Gasteiger charge is 2.43. The third kappa shape index (κ3) is 4.64. The first-order valence-electron chi connectivity index (χ1n) is 10.0. The minimum Gasteiger partial charge on any atom is -0.462 e. The molecule has 1 saturated carbocycles. The molecule has 0 bridgehead atoms. The number of thiophene rings is 1. The lowest BCUT2D eigenvalue weighted by Gasteiger charge is -2.42. The summed E-state index contributed by atoms with van der Waals surface area (Å²) in [5.74, 6) is -1.02. The molecule has 160 valence electrons. The van der Waals surface area contributed by atoms with Crippen molar-refractivity contribution in [3.63, 3.8) is 0 Å². The van der Waals surface area contributed by atoms with Crippen LogP contribution in [0.5, 0.6) is 0 Å². The molecule has 1 aliphatic carbocycles. The summed E-state index contributed by atoms with van der Waals surface area (Å²) < 4.78 is 10.4. The summed E-state index contributed by atoms with van der Waals surface area (Å²) in [5, 5.41) is 6.81. The Bertz CT molecular complexity index is 842. The molecule has 2 N–H and O–H groups in total. The van der Waals surface area contributed by atoms with Gasteiger partial charge >= 0.3 is 11.9 Å². The van der Waals surface area contributed by atoms with Gasteiger partial charge in [0.15, 0.2) is 6.61 Å². The number of carbonyl (C=O) groups is 3. The summed E-state index contributed by atoms with van der Waals surface area (Å²) in [6, 6.07) is 0. The predicted octanol–water partition coefficient (Wildman–Crippen LogP) is 3.22. The van der Waals surface area contributed by atoms with E-state index in [0.717, 1.165) is 16.9 Å². The minimum absolute atomic E-state index is 0.0963. The van der Waals surface area contributed by atoms with Crippen molar-refractivity contribution < 1.29 is 23.9 Å². The second-order valence-electron chi connectivity index (χ2n) is 9.12. The number of hydrogen-bond acceptors (Lipinski definition) is 7. The average Bonchev–Trinajstić information content (AvgIpc) is 3.20. The normalized spacial score (nSPS) is 23.7. The minimum atomic E-state index is -0.458. The molecule has 0 unspecified atom stereocenters. The van der Waals surface area contributed by atoms with E-state index < -0.39 is 11.9 Å². The Labute approximate surface area is 175 Å². The molecular weight excluding hydrogens is 392 g/mol. The molecule has 1 fully saturated rings. The van der Waals surface area contributed by atoms with Gasteiger partial charge in [-0.1, -0.05) is 6.92 Å². The Morgan fingerprint density at radius 3 is 2.45 bits per heavy atom. The lowest BCUT2D eigenvalue weighted by atomic mass is 9.81. The van der Waals surface area contributed by atoms with Crippen LogP contribution in [0.25, 0.3) is 0 Å². The van der Waals surface area contributed by atoms with Crippen LogP contribution in [0.15, 0.2) is 0 Å². The summed E-state index contributed by atoms with van der Waals surface area (Å²) >= 11 is 1.37. The first kappa shape index (κ1) is 21.8. The van der Waals surface area contributed by atoms with Crippen LogP contribution in [-0.2, 0) is 31.0 Å². The van der Waals surface area contributed by atoms with Gasteiger partial charge in [-0.25, -0.2) is 4.79 Å². The summed E-state index contributed by atoms with van der Waals surface area (Å²) in [7, 11) is 0. The van der Waals surface area contributed by atoms with Gasteiger partial charge in [0.05, 0.1) is 18.1 Å². The van der Waals surface area contributed by atoms with Gasteiger partial charge in [0.25, 0.3) is 5.91 Å². The van der Waals surface area contributed by atoms with Crippen molar-refractivity contribution in [1.29, 1.82) is 0 Å². The predicted molar refractivity (Wildman–Crippen MR) is 111 cm³/mol. The van der Waals surface area contributed by atoms with E-state index in [1.807, 2.05) is 6.92 Å². The van der Waals surface area contributed by atoms with Gasteiger partial charge in [-0.3, -0.25) is 9.59 Å². The van der Waals surface area contributed by atoms with Crippen molar-refractivity contribution in [2.45, 2.75) is 65.5 Å². The molecule has 1 amide bonds. The zero-order chi connectivity index (χ0) is 21.6. The molecule has 0 radical (unpaired) electrons. The van der Waals surface area contributed by atoms with Crippen LogP contribution in [-0.4, -0.2) is 36.6 Å². The first-order valence-corrected chi connectivity index (χ1v) is 10.9. The highest BCUT2D eigenvalue weighted by atomic mass is 32.1. The smallest absolute Gasteiger partial charge is 0.341 e. The third-order valence-corrected chi connectivity index (χ3v) is 6.81. The molecule has 0 spiro atoms. The third-order valence-electron chi connectivity index (χ3n) is 5.33. The van der Waals surface area contributed by atoms with Crippen LogP contribution in [0.3, 0.4) is 0 Å². The summed E-state index contributed by atoms with van der Waals surface area (Å²) in [4.78, 5) is 38.0. The van der Waals surface area contributed by atoms with Crippen molar-refractivity contribution in [3.8, 4) is 0 Å². The highest BCUT2D eigenvalue weighted by molar-refractivity contribution is 7.17. The number of esters is 2. The van der Waals surface area contributed by atoms with Gasteiger partial charge in [-0.2, -0.15) is 0 Å². The Balaban J connectivity index is 1.84. The number of anilines is 1. The second-order valence-corrected chi connectivity index (χ2v) is 10.1. The summed E-state index contributed by atoms with van der Waals surface area (Å²) in [6.07, 6.45) is 1.45. The maximum absolute atomic E-state index is 12.7. The maximum Gasteiger partial charge on any atom is 0.341 e. The SMILES string of the molecule is CCOC(=O)c1c(NC(=O)COC(=O)[C@H]2C[C@@H]2C)sc2c1CC(C)(C)NC2(C)C. The van der Waals surface area contributed by atoms with Gasteiger partial charge in [0, 0.05) is 16.0 Å². The van der Waals surface area contributed by atoms with Crippen LogP contribution >= 0.6 is 11.3 Å². The topological polar surface area (TPSA) is 93.7 Å². The van der Waals surface area contributed by atoms with Gasteiger partial charge in [0.1, 0.15) is 5.00 Å². The zero-order valence-corrected chi connectivity index (χ0v) is 18.7. The standard InChI is InChI=1S/C21H30N2O5S/c1-7-27-19(26)15-13-9-20(3,4)23-21(5,6)16(13)29-17(15)22-14(24)10-28-18(25)12-8-11(12)2/h11-12,23H,7-10H2,1-6H3,(H,22,24)/t11-,12-/m0/s1. The maximum atomic E-state index is 12.7. The van der Waals surface area contributed by atoms with E-state index in [4.69, 9.17) is 9.47 Å². The largest absolute Gasteiger partial charge is 0.462 e. The Hall–Kier alpha value is -1.93. The van der Waals surface area contributed by atoms with Crippen LogP contribution in [0.4, 0.5) is 5.00 Å². The molecule has 8 heteroatoms. The van der Waals surface area contributed by atoms with Gasteiger partial charge in [-0.05, 0) is 58.9 Å². The summed E-state index contributed by atoms with van der Waals surface area (Å²) in [5.41, 5.74) is 0.739. The van der Waals surface area contributed by atoms with E-state index in [1.165, 1.54) is 11.3 Å². The molecule has 1 aromatic heterocycles. The number of amides is 1. The molecular formula is C21H30N2O5S. The number of carbonyl (C=O) groups excluding carboxylic acids is 3. The zero-order valence-electron chi connectivity index (χ0n) is 17.9. The molecule has 2 aliphatic rings. The van der Waals surface area contributed by atoms with Crippen molar-refractivity contribution in [2.24, 2.45) is 11.8 Å². The van der Waals surface area contributed by atoms with E-state index >= 15 is 0 Å². The molecule has 7 nitrogen and oxygen atoms in total. The number of ether oxygens (including phenoxy) is 2. The van der Waals surface area contributed by atoms with Gasteiger partial charge in [0.2, 0.25) is 0 Å². The molecule has 0 aromatic carbocycles. The van der Waals surface area contributed by atoms with Crippen molar-refractivity contribution in [3.05, 3.63) is 16.0 Å². The van der Waals surface area contributed by atoms with Crippen LogP contribution in [0.1, 0.15) is 68.8 Å². The monoisotopic (exact) mass is 422 g/mol. The molecule has 1 aliphatic heterocycles. The molecule has 2 heterocycles. The fourth-order valence-corrected chi connectivity index (χ4v) is 5.37. The first-order chi connectivity index (χ1) is 13.4. The average molecular weight is 423 g/mol.